The molecule has 2 rings (SSSR count). The zero-order chi connectivity index (χ0) is 10.7. The molecule has 1 saturated heterocycles. The fourth-order valence-electron chi connectivity index (χ4n) is 1.53. The van der Waals surface area contributed by atoms with Crippen LogP contribution in [0.25, 0.3) is 0 Å². The van der Waals surface area contributed by atoms with Crippen LogP contribution in [0, 0.1) is 4.77 Å². The molecule has 1 aromatic rings. The lowest BCUT2D eigenvalue weighted by Crippen LogP contribution is -2.36. The second kappa shape index (κ2) is 4.59. The number of aromatic nitrogens is 2. The number of morpholine rings is 1. The van der Waals surface area contributed by atoms with Gasteiger partial charge in [0.1, 0.15) is 11.6 Å². The average Bonchev–Trinajstić information content (AvgIpc) is 2.29. The Bertz CT molecular complexity index is 386. The summed E-state index contributed by atoms with van der Waals surface area (Å²) in [6.07, 6.45) is 0. The van der Waals surface area contributed by atoms with Crippen LogP contribution in [0.1, 0.15) is 0 Å². The van der Waals surface area contributed by atoms with Crippen molar-refractivity contribution < 1.29 is 4.74 Å². The van der Waals surface area contributed by atoms with Gasteiger partial charge in [-0.15, -0.1) is 0 Å². The molecule has 0 aliphatic carbocycles. The van der Waals surface area contributed by atoms with Crippen molar-refractivity contribution in [1.82, 2.24) is 9.97 Å². The summed E-state index contributed by atoms with van der Waals surface area (Å²) in [6, 6.07) is 1.96. The molecule has 15 heavy (non-hydrogen) atoms. The van der Waals surface area contributed by atoms with Crippen LogP contribution < -0.4 is 10.2 Å². The molecule has 0 saturated carbocycles. The summed E-state index contributed by atoms with van der Waals surface area (Å²) in [6.45, 7) is 3.24. The van der Waals surface area contributed by atoms with Gasteiger partial charge in [0, 0.05) is 26.2 Å². The van der Waals surface area contributed by atoms with Gasteiger partial charge in [0.25, 0.3) is 0 Å². The molecule has 0 unspecified atom stereocenters. The zero-order valence-electron chi connectivity index (χ0n) is 8.62. The maximum absolute atomic E-state index is 5.29. The van der Waals surface area contributed by atoms with Crippen LogP contribution in [0.4, 0.5) is 11.6 Å². The topological polar surface area (TPSA) is 53.2 Å². The number of hydrogen-bond donors (Lipinski definition) is 2. The predicted octanol–water partition coefficient (Wildman–Crippen LogP) is 1.02. The third-order valence-corrected chi connectivity index (χ3v) is 2.53. The standard InChI is InChI=1S/C9H14N4OS/c1-10-7-6-8(12-9(15)11-7)13-2-4-14-5-3-13/h6H,2-5H2,1H3,(H2,10,11,12,15). The fourth-order valence-corrected chi connectivity index (χ4v) is 1.74. The van der Waals surface area contributed by atoms with E-state index in [1.807, 2.05) is 13.1 Å². The number of nitrogens with one attached hydrogen (secondary N) is 2. The minimum atomic E-state index is 0.503. The number of ether oxygens (including phenoxy) is 1. The van der Waals surface area contributed by atoms with Crippen LogP contribution in [-0.2, 0) is 4.74 Å². The lowest BCUT2D eigenvalue weighted by Gasteiger charge is -2.27. The molecule has 0 bridgehead atoms. The van der Waals surface area contributed by atoms with Crippen molar-refractivity contribution in [2.45, 2.75) is 0 Å². The molecule has 0 radical (unpaired) electrons. The number of anilines is 2. The summed E-state index contributed by atoms with van der Waals surface area (Å²) in [7, 11) is 1.85. The lowest BCUT2D eigenvalue weighted by molar-refractivity contribution is 0.122. The maximum Gasteiger partial charge on any atom is 0.200 e. The smallest absolute Gasteiger partial charge is 0.200 e. The molecule has 0 amide bonds. The van der Waals surface area contributed by atoms with Gasteiger partial charge in [-0.05, 0) is 12.2 Å². The molecule has 0 spiro atoms. The number of H-pyrrole nitrogens is 1. The molecule has 82 valence electrons. The highest BCUT2D eigenvalue weighted by atomic mass is 32.1. The number of hydrogen-bond acceptors (Lipinski definition) is 5. The third-order valence-electron chi connectivity index (χ3n) is 2.34. The van der Waals surface area contributed by atoms with Crippen LogP contribution in [0.2, 0.25) is 0 Å². The van der Waals surface area contributed by atoms with Crippen molar-refractivity contribution in [1.29, 1.82) is 0 Å². The molecule has 1 aliphatic rings. The van der Waals surface area contributed by atoms with Crippen molar-refractivity contribution in [2.75, 3.05) is 43.6 Å². The van der Waals surface area contributed by atoms with Gasteiger partial charge in [-0.2, -0.15) is 0 Å². The van der Waals surface area contributed by atoms with Crippen LogP contribution in [0.5, 0.6) is 0 Å². The van der Waals surface area contributed by atoms with E-state index in [-0.39, 0.29) is 0 Å². The first-order valence-electron chi connectivity index (χ1n) is 4.91. The third kappa shape index (κ3) is 2.45. The lowest BCUT2D eigenvalue weighted by atomic mass is 10.4. The molecular weight excluding hydrogens is 212 g/mol. The molecule has 2 N–H and O–H groups in total. The monoisotopic (exact) mass is 226 g/mol. The number of aromatic amines is 1. The SMILES string of the molecule is CNc1cc(N2CCOCC2)nc(=S)[nH]1. The van der Waals surface area contributed by atoms with Gasteiger partial charge in [-0.25, -0.2) is 4.98 Å². The summed E-state index contributed by atoms with van der Waals surface area (Å²) in [5.41, 5.74) is 0. The second-order valence-corrected chi connectivity index (χ2v) is 3.69. The Hall–Kier alpha value is -1.14. The van der Waals surface area contributed by atoms with Crippen molar-refractivity contribution in [3.05, 3.63) is 10.8 Å². The van der Waals surface area contributed by atoms with Gasteiger partial charge in [0.05, 0.1) is 13.2 Å². The van der Waals surface area contributed by atoms with Gasteiger partial charge in [0.2, 0.25) is 0 Å². The Morgan fingerprint density at radius 1 is 1.53 bits per heavy atom. The summed E-state index contributed by atoms with van der Waals surface area (Å²) in [5, 5.41) is 3.03. The first-order valence-corrected chi connectivity index (χ1v) is 5.32. The van der Waals surface area contributed by atoms with E-state index in [0.717, 1.165) is 37.9 Å². The predicted molar refractivity (Wildman–Crippen MR) is 62.0 cm³/mol. The van der Waals surface area contributed by atoms with Crippen LogP contribution in [0.3, 0.4) is 0 Å². The highest BCUT2D eigenvalue weighted by Gasteiger charge is 2.12. The van der Waals surface area contributed by atoms with Crippen LogP contribution in [0.15, 0.2) is 6.07 Å². The first-order chi connectivity index (χ1) is 7.29. The second-order valence-electron chi connectivity index (χ2n) is 3.31. The van der Waals surface area contributed by atoms with Crippen molar-refractivity contribution in [3.8, 4) is 0 Å². The molecule has 2 heterocycles. The molecule has 0 atom stereocenters. The summed E-state index contributed by atoms with van der Waals surface area (Å²) < 4.78 is 5.79. The van der Waals surface area contributed by atoms with E-state index in [4.69, 9.17) is 17.0 Å². The zero-order valence-corrected chi connectivity index (χ0v) is 9.43. The Morgan fingerprint density at radius 2 is 2.27 bits per heavy atom. The highest BCUT2D eigenvalue weighted by Crippen LogP contribution is 2.15. The van der Waals surface area contributed by atoms with E-state index in [9.17, 15) is 0 Å². The largest absolute Gasteiger partial charge is 0.378 e. The van der Waals surface area contributed by atoms with Gasteiger partial charge in [-0.1, -0.05) is 0 Å². The fraction of sp³-hybridized carbons (Fsp3) is 0.556. The molecule has 1 aromatic heterocycles. The van der Waals surface area contributed by atoms with Gasteiger partial charge in [-0.3, -0.25) is 0 Å². The van der Waals surface area contributed by atoms with Crippen molar-refractivity contribution in [3.63, 3.8) is 0 Å². The quantitative estimate of drug-likeness (QED) is 0.737. The van der Waals surface area contributed by atoms with E-state index < -0.39 is 0 Å². The van der Waals surface area contributed by atoms with E-state index in [0.29, 0.717) is 4.77 Å². The summed E-state index contributed by atoms with van der Waals surface area (Å²) >= 11 is 5.06. The summed E-state index contributed by atoms with van der Waals surface area (Å²) in [5.74, 6) is 1.79. The summed E-state index contributed by atoms with van der Waals surface area (Å²) in [4.78, 5) is 9.44. The van der Waals surface area contributed by atoms with E-state index in [1.165, 1.54) is 0 Å². The van der Waals surface area contributed by atoms with Crippen molar-refractivity contribution in [2.24, 2.45) is 0 Å². The Balaban J connectivity index is 2.26. The van der Waals surface area contributed by atoms with Crippen LogP contribution in [-0.4, -0.2) is 43.3 Å². The first kappa shape index (κ1) is 10.4. The maximum atomic E-state index is 5.29. The minimum Gasteiger partial charge on any atom is -0.378 e. The van der Waals surface area contributed by atoms with E-state index in [1.54, 1.807) is 0 Å². The highest BCUT2D eigenvalue weighted by molar-refractivity contribution is 7.71. The number of rotatable bonds is 2. The Kier molecular flexibility index (Phi) is 3.17. The Morgan fingerprint density at radius 3 is 2.93 bits per heavy atom. The Labute approximate surface area is 93.5 Å². The van der Waals surface area contributed by atoms with Gasteiger partial charge in [0.15, 0.2) is 4.77 Å². The van der Waals surface area contributed by atoms with Gasteiger partial charge >= 0.3 is 0 Å². The molecule has 1 fully saturated rings. The normalized spacial score (nSPS) is 16.5. The molecule has 6 heteroatoms. The molecule has 0 aromatic carbocycles. The molecular formula is C9H14N4OS. The van der Waals surface area contributed by atoms with Crippen molar-refractivity contribution >= 4 is 23.9 Å². The van der Waals surface area contributed by atoms with E-state index >= 15 is 0 Å². The molecule has 1 aliphatic heterocycles. The minimum absolute atomic E-state index is 0.503. The number of nitrogens with zero attached hydrogens (tertiary/aromatic N) is 2. The molecule has 5 nitrogen and oxygen atoms in total. The van der Waals surface area contributed by atoms with E-state index in [2.05, 4.69) is 20.2 Å². The van der Waals surface area contributed by atoms with Crippen LogP contribution >= 0.6 is 12.2 Å². The average molecular weight is 226 g/mol. The van der Waals surface area contributed by atoms with Gasteiger partial charge < -0.3 is 19.9 Å².